The molecule has 1 saturated carbocycles. The van der Waals surface area contributed by atoms with Gasteiger partial charge in [0.25, 0.3) is 5.56 Å². The van der Waals surface area contributed by atoms with E-state index in [1.54, 1.807) is 31.0 Å². The molecule has 0 aliphatic heterocycles. The van der Waals surface area contributed by atoms with Gasteiger partial charge in [-0.05, 0) is 103 Å². The summed E-state index contributed by atoms with van der Waals surface area (Å²) in [6, 6.07) is 10.6. The van der Waals surface area contributed by atoms with Gasteiger partial charge in [0.05, 0.1) is 25.1 Å². The van der Waals surface area contributed by atoms with Crippen LogP contribution in [0.25, 0.3) is 10.2 Å². The summed E-state index contributed by atoms with van der Waals surface area (Å²) in [5.41, 5.74) is 4.55. The molecule has 4 aromatic rings. The van der Waals surface area contributed by atoms with Gasteiger partial charge in [-0.1, -0.05) is 13.0 Å². The minimum Gasteiger partial charge on any atom is -0.497 e. The van der Waals surface area contributed by atoms with Gasteiger partial charge in [0, 0.05) is 17.8 Å². The number of hydrogen-bond donors (Lipinski definition) is 0. The Hall–Kier alpha value is -2.86. The van der Waals surface area contributed by atoms with Crippen LogP contribution in [-0.2, 0) is 31.2 Å². The standard InChI is InChI=1S/C30H32N2O3S/c1-30-12-11-22-21-10-8-20(34-2)15-18(21)7-9-23(22)24(30)16-25-27(30)26-28(36-25)31-17-32(29(26)33)13-3-5-19-6-4-14-35-19/h4,6,8,10,14-15,17,22-24H,3,5,7,9,11-13,16H2,1-2H3/t22-,23-,24+,30+/m0/s1. The number of aryl methyl sites for hydroxylation is 3. The summed E-state index contributed by atoms with van der Waals surface area (Å²) < 4.78 is 12.8. The molecule has 0 unspecified atom stereocenters. The summed E-state index contributed by atoms with van der Waals surface area (Å²) in [4.78, 5) is 20.9. The summed E-state index contributed by atoms with van der Waals surface area (Å²) in [6.45, 7) is 3.11. The molecule has 0 saturated heterocycles. The van der Waals surface area contributed by atoms with E-state index in [0.29, 0.717) is 24.3 Å². The minimum absolute atomic E-state index is 0.0624. The lowest BCUT2D eigenvalue weighted by Crippen LogP contribution is -2.43. The lowest BCUT2D eigenvalue weighted by atomic mass is 9.55. The second-order valence-electron chi connectivity index (χ2n) is 11.1. The number of hydrogen-bond acceptors (Lipinski definition) is 5. The van der Waals surface area contributed by atoms with Crippen molar-refractivity contribution in [3.63, 3.8) is 0 Å². The summed E-state index contributed by atoms with van der Waals surface area (Å²) in [6.07, 6.45) is 10.9. The minimum atomic E-state index is 0.0624. The Morgan fingerprint density at radius 1 is 1.28 bits per heavy atom. The first kappa shape index (κ1) is 22.3. The SMILES string of the molecule is COc1ccc2c(c1)CC[C@@H]1[C@H]3Cc4sc5ncn(CCCc6ccco6)c(=O)c5c4[C@]3(C)CC[C@@H]21. The highest BCUT2D eigenvalue weighted by Gasteiger charge is 2.54. The second kappa shape index (κ2) is 8.34. The summed E-state index contributed by atoms with van der Waals surface area (Å²) in [5.74, 6) is 3.83. The maximum atomic E-state index is 13.8. The monoisotopic (exact) mass is 500 g/mol. The van der Waals surface area contributed by atoms with E-state index >= 15 is 0 Å². The molecule has 1 aromatic carbocycles. The Morgan fingerprint density at radius 3 is 3.03 bits per heavy atom. The van der Waals surface area contributed by atoms with Crippen molar-refractivity contribution < 1.29 is 9.15 Å². The predicted molar refractivity (Wildman–Crippen MR) is 142 cm³/mol. The van der Waals surface area contributed by atoms with Crippen molar-refractivity contribution in [1.82, 2.24) is 9.55 Å². The number of nitrogens with zero attached hydrogens (tertiary/aromatic N) is 2. The fourth-order valence-electron chi connectivity index (χ4n) is 7.75. The van der Waals surface area contributed by atoms with E-state index in [-0.39, 0.29) is 11.0 Å². The fraction of sp³-hybridized carbons (Fsp3) is 0.467. The Morgan fingerprint density at radius 2 is 2.19 bits per heavy atom. The first-order chi connectivity index (χ1) is 17.6. The van der Waals surface area contributed by atoms with Gasteiger partial charge in [-0.15, -0.1) is 11.3 Å². The van der Waals surface area contributed by atoms with E-state index in [9.17, 15) is 4.79 Å². The smallest absolute Gasteiger partial charge is 0.262 e. The number of ether oxygens (including phenoxy) is 1. The van der Waals surface area contributed by atoms with Crippen LogP contribution in [0.2, 0.25) is 0 Å². The van der Waals surface area contributed by atoms with E-state index < -0.39 is 0 Å². The normalized spacial score (nSPS) is 26.3. The summed E-state index contributed by atoms with van der Waals surface area (Å²) in [5, 5.41) is 0.903. The number of methoxy groups -OCH3 is 1. The molecular weight excluding hydrogens is 468 g/mol. The van der Waals surface area contributed by atoms with Crippen molar-refractivity contribution in [1.29, 1.82) is 0 Å². The zero-order valence-electron chi connectivity index (χ0n) is 21.0. The molecule has 0 N–H and O–H groups in total. The van der Waals surface area contributed by atoms with Gasteiger partial charge in [-0.3, -0.25) is 9.36 Å². The molecule has 1 fully saturated rings. The van der Waals surface area contributed by atoms with Crippen LogP contribution in [0.15, 0.2) is 52.1 Å². The molecule has 3 aliphatic carbocycles. The molecule has 7 rings (SSSR count). The van der Waals surface area contributed by atoms with E-state index in [2.05, 4.69) is 25.1 Å². The zero-order valence-corrected chi connectivity index (χ0v) is 21.8. The van der Waals surface area contributed by atoms with Gasteiger partial charge in [-0.2, -0.15) is 0 Å². The maximum absolute atomic E-state index is 13.8. The predicted octanol–water partition coefficient (Wildman–Crippen LogP) is 6.26. The molecular formula is C30H32N2O3S. The van der Waals surface area contributed by atoms with Crippen LogP contribution < -0.4 is 10.3 Å². The number of thiophene rings is 1. The average Bonchev–Trinajstić information content (AvgIpc) is 3.60. The number of rotatable bonds is 5. The van der Waals surface area contributed by atoms with Crippen molar-refractivity contribution >= 4 is 21.6 Å². The third kappa shape index (κ3) is 3.26. The molecule has 36 heavy (non-hydrogen) atoms. The van der Waals surface area contributed by atoms with Gasteiger partial charge < -0.3 is 9.15 Å². The molecule has 0 spiro atoms. The maximum Gasteiger partial charge on any atom is 0.262 e. The Labute approximate surface area is 215 Å². The van der Waals surface area contributed by atoms with Crippen LogP contribution >= 0.6 is 11.3 Å². The second-order valence-corrected chi connectivity index (χ2v) is 12.2. The number of furan rings is 1. The molecule has 3 aliphatic rings. The Balaban J connectivity index is 1.21. The summed E-state index contributed by atoms with van der Waals surface area (Å²) >= 11 is 1.77. The molecule has 6 heteroatoms. The number of fused-ring (bicyclic) bond motifs is 9. The van der Waals surface area contributed by atoms with Crippen molar-refractivity contribution in [2.24, 2.45) is 11.8 Å². The lowest BCUT2D eigenvalue weighted by Gasteiger charge is -2.49. The Kier molecular flexibility index (Phi) is 5.18. The molecule has 0 radical (unpaired) electrons. The largest absolute Gasteiger partial charge is 0.497 e. The molecule has 3 heterocycles. The van der Waals surface area contributed by atoms with Crippen LogP contribution in [-0.4, -0.2) is 16.7 Å². The van der Waals surface area contributed by atoms with Gasteiger partial charge in [0.15, 0.2) is 0 Å². The zero-order chi connectivity index (χ0) is 24.4. The quantitative estimate of drug-likeness (QED) is 0.324. The van der Waals surface area contributed by atoms with Crippen molar-refractivity contribution in [3.8, 4) is 5.75 Å². The lowest BCUT2D eigenvalue weighted by molar-refractivity contribution is 0.106. The van der Waals surface area contributed by atoms with Crippen LogP contribution in [0.4, 0.5) is 0 Å². The third-order valence-electron chi connectivity index (χ3n) is 9.45. The molecule has 186 valence electrons. The van der Waals surface area contributed by atoms with Crippen LogP contribution in [0.5, 0.6) is 5.75 Å². The van der Waals surface area contributed by atoms with Crippen LogP contribution in [0.1, 0.15) is 65.9 Å². The van der Waals surface area contributed by atoms with Gasteiger partial charge in [-0.25, -0.2) is 4.98 Å². The van der Waals surface area contributed by atoms with Crippen molar-refractivity contribution in [3.05, 3.63) is 80.6 Å². The van der Waals surface area contributed by atoms with Crippen LogP contribution in [0.3, 0.4) is 0 Å². The number of aromatic nitrogens is 2. The highest BCUT2D eigenvalue weighted by atomic mass is 32.1. The molecule has 3 aromatic heterocycles. The number of benzene rings is 1. The molecule has 0 amide bonds. The van der Waals surface area contributed by atoms with E-state index in [1.807, 2.05) is 16.7 Å². The molecule has 4 atom stereocenters. The fourth-order valence-corrected chi connectivity index (χ4v) is 9.08. The summed E-state index contributed by atoms with van der Waals surface area (Å²) in [7, 11) is 1.75. The van der Waals surface area contributed by atoms with Crippen molar-refractivity contribution in [2.75, 3.05) is 7.11 Å². The highest BCUT2D eigenvalue weighted by molar-refractivity contribution is 7.18. The average molecular weight is 501 g/mol. The van der Waals surface area contributed by atoms with E-state index in [0.717, 1.165) is 53.8 Å². The van der Waals surface area contributed by atoms with Gasteiger partial charge in [0.2, 0.25) is 0 Å². The molecule has 5 nitrogen and oxygen atoms in total. The first-order valence-corrected chi connectivity index (χ1v) is 14.1. The van der Waals surface area contributed by atoms with Gasteiger partial charge >= 0.3 is 0 Å². The highest BCUT2D eigenvalue weighted by Crippen LogP contribution is 2.62. The van der Waals surface area contributed by atoms with E-state index in [4.69, 9.17) is 14.1 Å². The third-order valence-corrected chi connectivity index (χ3v) is 10.6. The topological polar surface area (TPSA) is 57.3 Å². The first-order valence-electron chi connectivity index (χ1n) is 13.3. The van der Waals surface area contributed by atoms with Crippen LogP contribution in [0, 0.1) is 11.8 Å². The molecule has 0 bridgehead atoms. The van der Waals surface area contributed by atoms with E-state index in [1.165, 1.54) is 34.4 Å². The van der Waals surface area contributed by atoms with Crippen molar-refractivity contribution in [2.45, 2.75) is 69.7 Å². The Bertz CT molecular complexity index is 1500. The van der Waals surface area contributed by atoms with Gasteiger partial charge in [0.1, 0.15) is 16.3 Å².